The third-order valence-corrected chi connectivity index (χ3v) is 5.72. The summed E-state index contributed by atoms with van der Waals surface area (Å²) < 4.78 is 0. The summed E-state index contributed by atoms with van der Waals surface area (Å²) >= 11 is 0. The molecule has 1 aliphatic carbocycles. The Balaban J connectivity index is 0.00000225. The molecule has 0 bridgehead atoms. The van der Waals surface area contributed by atoms with Crippen molar-refractivity contribution in [1.82, 2.24) is 10.2 Å². The van der Waals surface area contributed by atoms with Crippen LogP contribution in [0.2, 0.25) is 0 Å². The number of nitrogens with two attached hydrogens (primary N) is 1. The summed E-state index contributed by atoms with van der Waals surface area (Å²) in [5.41, 5.74) is 10.7. The summed E-state index contributed by atoms with van der Waals surface area (Å²) in [6, 6.07) is 16.2. The first-order valence-electron chi connectivity index (χ1n) is 9.54. The molecular weight excluding hydrogens is 374 g/mol. The molecule has 2 amide bonds. The molecule has 2 aromatic carbocycles. The SMILES string of the molecule is CC(=O)N1C[C@@H](N)CC[C@@H](C(=O)NC2c3ccccc3-c3ccccc32)C1.Cl. The Morgan fingerprint density at radius 1 is 0.964 bits per heavy atom. The third kappa shape index (κ3) is 3.77. The zero-order chi connectivity index (χ0) is 19.0. The maximum absolute atomic E-state index is 13.1. The van der Waals surface area contributed by atoms with Gasteiger partial charge in [0.15, 0.2) is 0 Å². The Kier molecular flexibility index (Phi) is 6.06. The second-order valence-electron chi connectivity index (χ2n) is 7.57. The molecule has 1 saturated heterocycles. The Hall–Kier alpha value is -2.37. The number of carbonyl (C=O) groups excluding carboxylic acids is 2. The van der Waals surface area contributed by atoms with Gasteiger partial charge in [-0.15, -0.1) is 12.4 Å². The number of carbonyl (C=O) groups is 2. The van der Waals surface area contributed by atoms with E-state index in [0.29, 0.717) is 19.5 Å². The van der Waals surface area contributed by atoms with E-state index in [1.54, 1.807) is 4.90 Å². The van der Waals surface area contributed by atoms with Gasteiger partial charge in [0.25, 0.3) is 0 Å². The Morgan fingerprint density at radius 3 is 2.11 bits per heavy atom. The van der Waals surface area contributed by atoms with Crippen molar-refractivity contribution >= 4 is 24.2 Å². The van der Waals surface area contributed by atoms with Crippen LogP contribution in [0.3, 0.4) is 0 Å². The number of amides is 2. The van der Waals surface area contributed by atoms with Crippen molar-refractivity contribution in [3.63, 3.8) is 0 Å². The van der Waals surface area contributed by atoms with Crippen LogP contribution in [0.5, 0.6) is 0 Å². The van der Waals surface area contributed by atoms with Crippen molar-refractivity contribution < 1.29 is 9.59 Å². The molecule has 4 rings (SSSR count). The van der Waals surface area contributed by atoms with Crippen LogP contribution in [0.25, 0.3) is 11.1 Å². The van der Waals surface area contributed by atoms with Crippen molar-refractivity contribution in [2.75, 3.05) is 13.1 Å². The Bertz CT molecular complexity index is 840. The van der Waals surface area contributed by atoms with E-state index in [1.807, 2.05) is 24.3 Å². The molecular formula is C22H26ClN3O2. The van der Waals surface area contributed by atoms with Gasteiger partial charge < -0.3 is 16.0 Å². The molecule has 2 atom stereocenters. The highest BCUT2D eigenvalue weighted by molar-refractivity contribution is 5.86. The zero-order valence-electron chi connectivity index (χ0n) is 15.9. The van der Waals surface area contributed by atoms with Crippen molar-refractivity contribution in [2.24, 2.45) is 11.7 Å². The van der Waals surface area contributed by atoms with Crippen LogP contribution >= 0.6 is 12.4 Å². The number of nitrogens with zero attached hydrogens (tertiary/aromatic N) is 1. The number of nitrogens with one attached hydrogen (secondary N) is 1. The molecule has 0 unspecified atom stereocenters. The summed E-state index contributed by atoms with van der Waals surface area (Å²) in [5.74, 6) is -0.268. The molecule has 6 heteroatoms. The lowest BCUT2D eigenvalue weighted by atomic mass is 9.99. The lowest BCUT2D eigenvalue weighted by Gasteiger charge is -2.25. The minimum atomic E-state index is -0.234. The standard InChI is InChI=1S/C22H25N3O2.ClH/c1-14(26)25-12-15(10-11-16(23)13-25)22(27)24-21-19-8-4-2-6-17(19)18-7-3-5-9-20(18)21;/h2-9,15-16,21H,10-13,23H2,1H3,(H,24,27);1H/t15-,16+;/m1./s1. The highest BCUT2D eigenvalue weighted by Gasteiger charge is 2.33. The second kappa shape index (κ2) is 8.33. The van der Waals surface area contributed by atoms with Gasteiger partial charge in [0.1, 0.15) is 0 Å². The molecule has 5 nitrogen and oxygen atoms in total. The number of hydrogen-bond acceptors (Lipinski definition) is 3. The normalized spacial score (nSPS) is 21.1. The fraction of sp³-hybridized carbons (Fsp3) is 0.364. The Labute approximate surface area is 171 Å². The lowest BCUT2D eigenvalue weighted by Crippen LogP contribution is -2.42. The van der Waals surface area contributed by atoms with E-state index in [9.17, 15) is 9.59 Å². The highest BCUT2D eigenvalue weighted by Crippen LogP contribution is 2.43. The summed E-state index contributed by atoms with van der Waals surface area (Å²) in [6.45, 7) is 2.50. The van der Waals surface area contributed by atoms with Gasteiger partial charge in [-0.3, -0.25) is 9.59 Å². The van der Waals surface area contributed by atoms with E-state index in [-0.39, 0.29) is 42.2 Å². The van der Waals surface area contributed by atoms with E-state index < -0.39 is 0 Å². The van der Waals surface area contributed by atoms with Gasteiger partial charge in [-0.2, -0.15) is 0 Å². The van der Waals surface area contributed by atoms with Gasteiger partial charge in [0, 0.05) is 26.1 Å². The summed E-state index contributed by atoms with van der Waals surface area (Å²) in [7, 11) is 0. The molecule has 3 N–H and O–H groups in total. The molecule has 148 valence electrons. The number of rotatable bonds is 2. The molecule has 1 aliphatic heterocycles. The molecule has 0 aromatic heterocycles. The summed E-state index contributed by atoms with van der Waals surface area (Å²) in [5, 5.41) is 3.25. The quantitative estimate of drug-likeness (QED) is 0.815. The van der Waals surface area contributed by atoms with Gasteiger partial charge >= 0.3 is 0 Å². The first-order valence-corrected chi connectivity index (χ1v) is 9.54. The number of fused-ring (bicyclic) bond motifs is 3. The second-order valence-corrected chi connectivity index (χ2v) is 7.57. The predicted octanol–water partition coefficient (Wildman–Crippen LogP) is 2.88. The smallest absolute Gasteiger partial charge is 0.225 e. The molecule has 1 heterocycles. The van der Waals surface area contributed by atoms with Gasteiger partial charge in [-0.1, -0.05) is 48.5 Å². The number of benzene rings is 2. The van der Waals surface area contributed by atoms with Crippen LogP contribution in [0.1, 0.15) is 36.9 Å². The molecule has 2 aliphatic rings. The zero-order valence-corrected chi connectivity index (χ0v) is 16.7. The van der Waals surface area contributed by atoms with E-state index in [0.717, 1.165) is 17.5 Å². The predicted molar refractivity (Wildman–Crippen MR) is 112 cm³/mol. The van der Waals surface area contributed by atoms with Gasteiger partial charge in [-0.05, 0) is 35.1 Å². The van der Waals surface area contributed by atoms with Crippen molar-refractivity contribution in [3.05, 3.63) is 59.7 Å². The monoisotopic (exact) mass is 399 g/mol. The minimum Gasteiger partial charge on any atom is -0.345 e. The van der Waals surface area contributed by atoms with Crippen LogP contribution in [0.4, 0.5) is 0 Å². The van der Waals surface area contributed by atoms with Gasteiger partial charge in [-0.25, -0.2) is 0 Å². The van der Waals surface area contributed by atoms with E-state index in [2.05, 4.69) is 29.6 Å². The number of halogens is 1. The number of likely N-dealkylation sites (tertiary alicyclic amines) is 1. The molecule has 2 aromatic rings. The first-order chi connectivity index (χ1) is 13.0. The molecule has 0 saturated carbocycles. The topological polar surface area (TPSA) is 75.4 Å². The summed E-state index contributed by atoms with van der Waals surface area (Å²) in [4.78, 5) is 26.7. The van der Waals surface area contributed by atoms with Crippen LogP contribution in [0, 0.1) is 5.92 Å². The number of hydrogen-bond donors (Lipinski definition) is 2. The van der Waals surface area contributed by atoms with E-state index >= 15 is 0 Å². The molecule has 28 heavy (non-hydrogen) atoms. The average Bonchev–Trinajstić information content (AvgIpc) is 2.83. The average molecular weight is 400 g/mol. The van der Waals surface area contributed by atoms with Crippen LogP contribution < -0.4 is 11.1 Å². The van der Waals surface area contributed by atoms with E-state index in [1.165, 1.54) is 18.1 Å². The van der Waals surface area contributed by atoms with Crippen molar-refractivity contribution in [2.45, 2.75) is 31.8 Å². The molecule has 1 fully saturated rings. The summed E-state index contributed by atoms with van der Waals surface area (Å²) in [6.07, 6.45) is 1.45. The maximum Gasteiger partial charge on any atom is 0.225 e. The minimum absolute atomic E-state index is 0. The first kappa shape index (κ1) is 20.4. The van der Waals surface area contributed by atoms with Crippen molar-refractivity contribution in [1.29, 1.82) is 0 Å². The fourth-order valence-electron chi connectivity index (χ4n) is 4.26. The third-order valence-electron chi connectivity index (χ3n) is 5.72. The molecule has 0 spiro atoms. The van der Waals surface area contributed by atoms with Crippen LogP contribution in [0.15, 0.2) is 48.5 Å². The largest absolute Gasteiger partial charge is 0.345 e. The van der Waals surface area contributed by atoms with Crippen molar-refractivity contribution in [3.8, 4) is 11.1 Å². The van der Waals surface area contributed by atoms with Crippen LogP contribution in [-0.4, -0.2) is 35.8 Å². The highest BCUT2D eigenvalue weighted by atomic mass is 35.5. The van der Waals surface area contributed by atoms with Gasteiger partial charge in [0.05, 0.1) is 12.0 Å². The van der Waals surface area contributed by atoms with Crippen LogP contribution in [-0.2, 0) is 9.59 Å². The fourth-order valence-corrected chi connectivity index (χ4v) is 4.26. The van der Waals surface area contributed by atoms with Gasteiger partial charge in [0.2, 0.25) is 11.8 Å². The maximum atomic E-state index is 13.1. The van der Waals surface area contributed by atoms with E-state index in [4.69, 9.17) is 5.73 Å². The lowest BCUT2D eigenvalue weighted by molar-refractivity contribution is -0.131. The Morgan fingerprint density at radius 2 is 1.54 bits per heavy atom. The molecule has 0 radical (unpaired) electrons.